The fraction of sp³-hybridized carbons (Fsp3) is 0.500. The second kappa shape index (κ2) is 7.09. The zero-order chi connectivity index (χ0) is 14.4. The second-order valence-electron chi connectivity index (χ2n) is 2.65. The minimum Gasteiger partial charge on any atom is -0.401 e. The zero-order valence-corrected chi connectivity index (χ0v) is 12.4. The summed E-state index contributed by atoms with van der Waals surface area (Å²) < 4.78 is 50.9. The van der Waals surface area contributed by atoms with E-state index >= 15 is 0 Å². The minimum atomic E-state index is -3.79. The third kappa shape index (κ3) is 4.94. The summed E-state index contributed by atoms with van der Waals surface area (Å²) in [4.78, 5) is 0. The van der Waals surface area contributed by atoms with Gasteiger partial charge in [-0.05, 0) is 0 Å². The highest BCUT2D eigenvalue weighted by molar-refractivity contribution is 7.49. The summed E-state index contributed by atoms with van der Waals surface area (Å²) in [5.41, 5.74) is 0. The molecule has 0 spiro atoms. The van der Waals surface area contributed by atoms with Crippen LogP contribution in [0.5, 0.6) is 0 Å². The predicted molar refractivity (Wildman–Crippen MR) is 63.7 cm³/mol. The van der Waals surface area contributed by atoms with Crippen LogP contribution in [0, 0.1) is 0 Å². The van der Waals surface area contributed by atoms with Crippen molar-refractivity contribution in [2.24, 2.45) is 0 Å². The summed E-state index contributed by atoms with van der Waals surface area (Å²) in [6.07, 6.45) is 0. The van der Waals surface area contributed by atoms with Crippen LogP contribution < -0.4 is 0 Å². The molecule has 0 N–H and O–H groups in total. The third-order valence-electron chi connectivity index (χ3n) is 1.65. The maximum Gasteiger partial charge on any atom is 0.529 e. The van der Waals surface area contributed by atoms with Gasteiger partial charge in [-0.25, -0.2) is 9.13 Å². The molecule has 0 aromatic carbocycles. The van der Waals surface area contributed by atoms with Gasteiger partial charge in [0, 0.05) is 28.4 Å². The van der Waals surface area contributed by atoms with Gasteiger partial charge >= 0.3 is 15.6 Å². The molecule has 0 rings (SSSR count). The summed E-state index contributed by atoms with van der Waals surface area (Å²) in [6, 6.07) is 0. The van der Waals surface area contributed by atoms with E-state index in [2.05, 4.69) is 31.3 Å². The molecule has 0 heterocycles. The maximum atomic E-state index is 11.6. The van der Waals surface area contributed by atoms with Crippen molar-refractivity contribution >= 4 is 15.6 Å². The van der Waals surface area contributed by atoms with E-state index in [0.29, 0.717) is 0 Å². The lowest BCUT2D eigenvalue weighted by atomic mass is 10.5. The first-order valence-corrected chi connectivity index (χ1v) is 7.38. The van der Waals surface area contributed by atoms with E-state index in [1.54, 1.807) is 0 Å². The standard InChI is InChI=1S/C8H16O8P2/c1-7(15-17(9,11-3)12-4)8(2)16-18(10,13-5)14-6/h1-2H2,3-6H3. The van der Waals surface area contributed by atoms with Gasteiger partial charge in [-0.1, -0.05) is 13.2 Å². The number of phosphoric ester groups is 2. The molecule has 0 aliphatic rings. The fourth-order valence-corrected chi connectivity index (χ4v) is 2.01. The van der Waals surface area contributed by atoms with E-state index in [1.807, 2.05) is 0 Å². The van der Waals surface area contributed by atoms with Crippen molar-refractivity contribution in [2.75, 3.05) is 28.4 Å². The molecule has 0 aromatic rings. The Hall–Kier alpha value is -0.620. The van der Waals surface area contributed by atoms with Gasteiger partial charge in [0.2, 0.25) is 0 Å². The molecule has 0 radical (unpaired) electrons. The molecule has 0 bridgehead atoms. The highest BCUT2D eigenvalue weighted by Gasteiger charge is 2.30. The lowest BCUT2D eigenvalue weighted by molar-refractivity contribution is 0.159. The molecule has 0 unspecified atom stereocenters. The van der Waals surface area contributed by atoms with Crippen molar-refractivity contribution in [3.05, 3.63) is 24.7 Å². The zero-order valence-electron chi connectivity index (χ0n) is 10.6. The van der Waals surface area contributed by atoms with Crippen LogP contribution >= 0.6 is 15.6 Å². The van der Waals surface area contributed by atoms with Gasteiger partial charge in [0.15, 0.2) is 11.5 Å². The van der Waals surface area contributed by atoms with Gasteiger partial charge < -0.3 is 9.05 Å². The largest absolute Gasteiger partial charge is 0.529 e. The maximum absolute atomic E-state index is 11.6. The normalized spacial score (nSPS) is 12.0. The Morgan fingerprint density at radius 1 is 0.722 bits per heavy atom. The first kappa shape index (κ1) is 17.4. The van der Waals surface area contributed by atoms with Crippen LogP contribution in [-0.2, 0) is 36.3 Å². The first-order chi connectivity index (χ1) is 8.25. The van der Waals surface area contributed by atoms with Gasteiger partial charge in [-0.15, -0.1) is 0 Å². The van der Waals surface area contributed by atoms with E-state index in [4.69, 9.17) is 9.05 Å². The molecule has 0 aliphatic carbocycles. The summed E-state index contributed by atoms with van der Waals surface area (Å²) in [5, 5.41) is 0. The van der Waals surface area contributed by atoms with E-state index in [1.165, 1.54) is 0 Å². The Kier molecular flexibility index (Phi) is 6.84. The molecule has 0 aliphatic heterocycles. The number of phosphoric acid groups is 2. The third-order valence-corrected chi connectivity index (χ3v) is 4.33. The SMILES string of the molecule is C=C(OP(=O)(OC)OC)C(=C)OP(=O)(OC)OC. The molecule has 10 heteroatoms. The van der Waals surface area contributed by atoms with Crippen LogP contribution in [0.3, 0.4) is 0 Å². The molecule has 0 fully saturated rings. The fourth-order valence-electron chi connectivity index (χ4n) is 0.670. The molecule has 0 saturated heterocycles. The quantitative estimate of drug-likeness (QED) is 0.365. The first-order valence-electron chi connectivity index (χ1n) is 4.46. The van der Waals surface area contributed by atoms with E-state index in [0.717, 1.165) is 28.4 Å². The van der Waals surface area contributed by atoms with Gasteiger partial charge in [0.1, 0.15) is 0 Å². The summed E-state index contributed by atoms with van der Waals surface area (Å²) in [6.45, 7) is 6.75. The van der Waals surface area contributed by atoms with Crippen molar-refractivity contribution in [3.8, 4) is 0 Å². The average molecular weight is 302 g/mol. The molecule has 18 heavy (non-hydrogen) atoms. The lowest BCUT2D eigenvalue weighted by Crippen LogP contribution is -2.01. The van der Waals surface area contributed by atoms with Gasteiger partial charge in [0.05, 0.1) is 0 Å². The summed E-state index contributed by atoms with van der Waals surface area (Å²) >= 11 is 0. The van der Waals surface area contributed by atoms with Crippen LogP contribution in [0.4, 0.5) is 0 Å². The number of hydrogen-bond acceptors (Lipinski definition) is 8. The van der Waals surface area contributed by atoms with Crippen LogP contribution in [0.1, 0.15) is 0 Å². The molecular formula is C8H16O8P2. The van der Waals surface area contributed by atoms with Gasteiger partial charge in [0.25, 0.3) is 0 Å². The Morgan fingerprint density at radius 3 is 1.11 bits per heavy atom. The minimum absolute atomic E-state index is 0.295. The molecular weight excluding hydrogens is 286 g/mol. The van der Waals surface area contributed by atoms with Gasteiger partial charge in [-0.3, -0.25) is 18.1 Å². The molecule has 0 amide bonds. The van der Waals surface area contributed by atoms with Crippen molar-refractivity contribution in [2.45, 2.75) is 0 Å². The molecule has 0 saturated carbocycles. The van der Waals surface area contributed by atoms with Crippen LogP contribution in [-0.4, -0.2) is 28.4 Å². The average Bonchev–Trinajstić information content (AvgIpc) is 2.38. The smallest absolute Gasteiger partial charge is 0.401 e. The number of rotatable bonds is 9. The van der Waals surface area contributed by atoms with Crippen LogP contribution in [0.2, 0.25) is 0 Å². The van der Waals surface area contributed by atoms with Crippen molar-refractivity contribution in [1.29, 1.82) is 0 Å². The monoisotopic (exact) mass is 302 g/mol. The Morgan fingerprint density at radius 2 is 0.944 bits per heavy atom. The van der Waals surface area contributed by atoms with Crippen molar-refractivity contribution in [1.82, 2.24) is 0 Å². The molecule has 0 aromatic heterocycles. The van der Waals surface area contributed by atoms with E-state index in [9.17, 15) is 9.13 Å². The van der Waals surface area contributed by atoms with E-state index < -0.39 is 15.6 Å². The van der Waals surface area contributed by atoms with Crippen LogP contribution in [0.25, 0.3) is 0 Å². The molecule has 106 valence electrons. The second-order valence-corrected chi connectivity index (χ2v) is 6.27. The predicted octanol–water partition coefficient (Wildman–Crippen LogP) is 2.85. The van der Waals surface area contributed by atoms with Crippen LogP contribution in [0.15, 0.2) is 24.7 Å². The molecule has 8 nitrogen and oxygen atoms in total. The van der Waals surface area contributed by atoms with Crippen molar-refractivity contribution in [3.63, 3.8) is 0 Å². The van der Waals surface area contributed by atoms with Gasteiger partial charge in [-0.2, -0.15) is 0 Å². The summed E-state index contributed by atoms with van der Waals surface area (Å²) in [5.74, 6) is -0.590. The highest BCUT2D eigenvalue weighted by atomic mass is 31.2. The van der Waals surface area contributed by atoms with E-state index in [-0.39, 0.29) is 11.5 Å². The Balaban J connectivity index is 4.69. The summed E-state index contributed by atoms with van der Waals surface area (Å²) in [7, 11) is -3.08. The Labute approximate surface area is 106 Å². The topological polar surface area (TPSA) is 89.5 Å². The molecule has 0 atom stereocenters. The lowest BCUT2D eigenvalue weighted by Gasteiger charge is -2.19. The Bertz CT molecular complexity index is 350. The highest BCUT2D eigenvalue weighted by Crippen LogP contribution is 2.54. The van der Waals surface area contributed by atoms with Crippen molar-refractivity contribution < 1.29 is 36.3 Å². The number of hydrogen-bond donors (Lipinski definition) is 0.